The molecule has 8 rings (SSSR count). The number of fused-ring (bicyclic) bond motifs is 3. The molecule has 2 atom stereocenters. The third-order valence-electron chi connectivity index (χ3n) is 9.92. The number of hydrogen-bond acceptors (Lipinski definition) is 1. The van der Waals surface area contributed by atoms with Crippen LogP contribution in [0.3, 0.4) is 0 Å². The Morgan fingerprint density at radius 1 is 0.841 bits per heavy atom. The molecule has 0 saturated heterocycles. The van der Waals surface area contributed by atoms with Crippen LogP contribution in [0.5, 0.6) is 0 Å². The van der Waals surface area contributed by atoms with Gasteiger partial charge in [-0.15, -0.1) is 0 Å². The van der Waals surface area contributed by atoms with Gasteiger partial charge in [-0.2, -0.15) is 4.57 Å². The van der Waals surface area contributed by atoms with Crippen molar-refractivity contribution in [1.82, 2.24) is 0 Å². The van der Waals surface area contributed by atoms with E-state index in [-0.39, 0.29) is 17.8 Å². The Labute approximate surface area is 258 Å². The maximum atomic E-state index is 16.0. The number of aromatic nitrogens is 1. The molecule has 2 nitrogen and oxygen atoms in total. The first kappa shape index (κ1) is 26.8. The summed E-state index contributed by atoms with van der Waals surface area (Å²) in [6, 6.07) is 33.3. The number of rotatable bonds is 2. The van der Waals surface area contributed by atoms with E-state index in [1.54, 1.807) is 6.07 Å². The number of allylic oxidation sites excluding steroid dienone is 4. The van der Waals surface area contributed by atoms with Gasteiger partial charge < -0.3 is 4.74 Å². The molecule has 3 aliphatic rings. The van der Waals surface area contributed by atoms with E-state index in [9.17, 15) is 0 Å². The van der Waals surface area contributed by atoms with Crippen LogP contribution < -0.4 is 4.57 Å². The SMILES string of the molecule is C=C1/C=C(c2ccccc2)\C=C(\c2ccccc2)OCCC2c3ccc(F)c4c3-c3c5c(cccc5cc[n+]3C2C1)C4(C)C. The second-order valence-electron chi connectivity index (χ2n) is 12.9. The molecule has 0 N–H and O–H groups in total. The summed E-state index contributed by atoms with van der Waals surface area (Å²) in [6.45, 7) is 9.50. The van der Waals surface area contributed by atoms with Crippen LogP contribution in [0.15, 0.2) is 128 Å². The Morgan fingerprint density at radius 3 is 2.36 bits per heavy atom. The van der Waals surface area contributed by atoms with Crippen molar-refractivity contribution in [2.75, 3.05) is 6.61 Å². The van der Waals surface area contributed by atoms with Gasteiger partial charge in [0.2, 0.25) is 5.69 Å². The van der Waals surface area contributed by atoms with E-state index in [0.29, 0.717) is 6.61 Å². The highest BCUT2D eigenvalue weighted by atomic mass is 19.1. The van der Waals surface area contributed by atoms with Gasteiger partial charge >= 0.3 is 0 Å². The molecule has 1 aromatic heterocycles. The quantitative estimate of drug-likeness (QED) is 0.191. The summed E-state index contributed by atoms with van der Waals surface area (Å²) in [6.07, 6.45) is 8.17. The monoisotopic (exact) mass is 576 g/mol. The summed E-state index contributed by atoms with van der Waals surface area (Å²) in [5.74, 6) is 0.835. The molecule has 3 heterocycles. The van der Waals surface area contributed by atoms with E-state index in [1.165, 1.54) is 21.9 Å². The van der Waals surface area contributed by atoms with Crippen molar-refractivity contribution in [2.24, 2.45) is 0 Å². The molecule has 44 heavy (non-hydrogen) atoms. The van der Waals surface area contributed by atoms with Crippen LogP contribution >= 0.6 is 0 Å². The average Bonchev–Trinajstić information content (AvgIpc) is 3.07. The lowest BCUT2D eigenvalue weighted by Crippen LogP contribution is -2.49. The molecule has 4 aromatic carbocycles. The Balaban J connectivity index is 1.34. The summed E-state index contributed by atoms with van der Waals surface area (Å²) in [5.41, 5.74) is 9.24. The summed E-state index contributed by atoms with van der Waals surface area (Å²) < 4.78 is 25.1. The Morgan fingerprint density at radius 2 is 1.59 bits per heavy atom. The van der Waals surface area contributed by atoms with Crippen LogP contribution in [0.2, 0.25) is 0 Å². The molecule has 0 radical (unpaired) electrons. The molecule has 1 aliphatic carbocycles. The highest BCUT2D eigenvalue weighted by Crippen LogP contribution is 2.54. The lowest BCUT2D eigenvalue weighted by molar-refractivity contribution is -0.717. The van der Waals surface area contributed by atoms with Crippen LogP contribution in [0, 0.1) is 5.82 Å². The van der Waals surface area contributed by atoms with Crippen LogP contribution in [0.1, 0.15) is 66.5 Å². The molecule has 0 spiro atoms. The van der Waals surface area contributed by atoms with Gasteiger partial charge in [0.25, 0.3) is 0 Å². The minimum atomic E-state index is -0.460. The molecule has 0 fully saturated rings. The zero-order valence-electron chi connectivity index (χ0n) is 25.2. The zero-order valence-corrected chi connectivity index (χ0v) is 25.2. The highest BCUT2D eigenvalue weighted by Gasteiger charge is 2.48. The molecule has 0 bridgehead atoms. The first-order valence-electron chi connectivity index (χ1n) is 15.6. The molecule has 2 unspecified atom stereocenters. The van der Waals surface area contributed by atoms with E-state index >= 15 is 4.39 Å². The van der Waals surface area contributed by atoms with Gasteiger partial charge in [-0.25, -0.2) is 4.39 Å². The fourth-order valence-electron chi connectivity index (χ4n) is 7.92. The minimum Gasteiger partial charge on any atom is -0.493 e. The van der Waals surface area contributed by atoms with Crippen molar-refractivity contribution < 1.29 is 13.7 Å². The second-order valence-corrected chi connectivity index (χ2v) is 12.9. The van der Waals surface area contributed by atoms with Crippen molar-refractivity contribution in [2.45, 2.75) is 44.1 Å². The molecule has 0 saturated carbocycles. The lowest BCUT2D eigenvalue weighted by Gasteiger charge is -2.40. The largest absolute Gasteiger partial charge is 0.493 e. The highest BCUT2D eigenvalue weighted by molar-refractivity contribution is 6.01. The van der Waals surface area contributed by atoms with Crippen LogP contribution in [0.4, 0.5) is 4.39 Å². The zero-order chi connectivity index (χ0) is 30.0. The third-order valence-corrected chi connectivity index (χ3v) is 9.92. The third kappa shape index (κ3) is 4.10. The Hall–Kier alpha value is -4.76. The maximum Gasteiger partial charge on any atom is 0.221 e. The molecule has 2 aliphatic heterocycles. The topological polar surface area (TPSA) is 13.1 Å². The fourth-order valence-corrected chi connectivity index (χ4v) is 7.92. The normalized spacial score (nSPS) is 22.5. The van der Waals surface area contributed by atoms with E-state index in [2.05, 4.69) is 104 Å². The number of halogens is 1. The summed E-state index contributed by atoms with van der Waals surface area (Å²) in [4.78, 5) is 0. The first-order valence-corrected chi connectivity index (χ1v) is 15.6. The van der Waals surface area contributed by atoms with Gasteiger partial charge in [0.05, 0.1) is 23.5 Å². The van der Waals surface area contributed by atoms with Crippen molar-refractivity contribution in [3.05, 3.63) is 161 Å². The van der Waals surface area contributed by atoms with Gasteiger partial charge in [0, 0.05) is 29.0 Å². The smallest absolute Gasteiger partial charge is 0.221 e. The number of pyridine rings is 1. The molecule has 0 amide bonds. The van der Waals surface area contributed by atoms with Gasteiger partial charge in [0.15, 0.2) is 12.2 Å². The number of ether oxygens (including phenoxy) is 1. The van der Waals surface area contributed by atoms with Gasteiger partial charge in [-0.3, -0.25) is 0 Å². The predicted molar refractivity (Wildman–Crippen MR) is 177 cm³/mol. The molecular weight excluding hydrogens is 541 g/mol. The predicted octanol–water partition coefficient (Wildman–Crippen LogP) is 9.70. The average molecular weight is 577 g/mol. The van der Waals surface area contributed by atoms with Crippen LogP contribution in [-0.4, -0.2) is 6.61 Å². The van der Waals surface area contributed by atoms with Crippen LogP contribution in [-0.2, 0) is 10.2 Å². The summed E-state index contributed by atoms with van der Waals surface area (Å²) >= 11 is 0. The molecule has 216 valence electrons. The van der Waals surface area contributed by atoms with E-state index in [0.717, 1.165) is 57.7 Å². The van der Waals surface area contributed by atoms with E-state index < -0.39 is 5.41 Å². The first-order chi connectivity index (χ1) is 21.4. The van der Waals surface area contributed by atoms with Crippen molar-refractivity contribution in [3.8, 4) is 11.3 Å². The Kier molecular flexibility index (Phi) is 6.20. The molecule has 3 heteroatoms. The molecular formula is C41H35FNO+. The van der Waals surface area contributed by atoms with Gasteiger partial charge in [-0.05, 0) is 51.8 Å². The summed E-state index contributed by atoms with van der Waals surface area (Å²) in [5, 5.41) is 2.44. The second kappa shape index (κ2) is 10.2. The van der Waals surface area contributed by atoms with Crippen LogP contribution in [0.25, 0.3) is 33.4 Å². The van der Waals surface area contributed by atoms with Crippen molar-refractivity contribution in [1.29, 1.82) is 0 Å². The standard InChI is InChI=1S/C41H35FNO/c1-26-23-30(27-11-6-4-7-12-27)25-36(28-13-8-5-9-14-28)44-22-20-31-32-17-18-34(42)39-38(32)40-37-29(19-21-43(40)35(31)24-26)15-10-16-33(37)41(39,2)3/h4-19,21,23,25,31,35H,1,20,22,24H2,2-3H3/q+1/b30-23+,36-25-. The van der Waals surface area contributed by atoms with E-state index in [1.807, 2.05) is 30.3 Å². The fraction of sp³-hybridized carbons (Fsp3) is 0.195. The minimum absolute atomic E-state index is 0.108. The molecule has 5 aromatic rings. The number of hydrogen-bond donors (Lipinski definition) is 0. The van der Waals surface area contributed by atoms with Crippen molar-refractivity contribution >= 4 is 22.1 Å². The van der Waals surface area contributed by atoms with Crippen molar-refractivity contribution in [3.63, 3.8) is 0 Å². The van der Waals surface area contributed by atoms with Gasteiger partial charge in [-0.1, -0.05) is 111 Å². The number of benzene rings is 4. The lowest BCUT2D eigenvalue weighted by atomic mass is 9.65. The number of nitrogens with zero attached hydrogens (tertiary/aromatic N) is 1. The van der Waals surface area contributed by atoms with E-state index in [4.69, 9.17) is 4.74 Å². The maximum absolute atomic E-state index is 16.0. The van der Waals surface area contributed by atoms with Gasteiger partial charge in [0.1, 0.15) is 11.6 Å². The summed E-state index contributed by atoms with van der Waals surface area (Å²) in [7, 11) is 0. The Bertz CT molecular complexity index is 2020.